The molecule has 1 heterocycles. The van der Waals surface area contributed by atoms with E-state index in [-0.39, 0.29) is 18.0 Å². The van der Waals surface area contributed by atoms with Gasteiger partial charge in [0.1, 0.15) is 0 Å². The van der Waals surface area contributed by atoms with Crippen molar-refractivity contribution in [2.45, 2.75) is 44.2 Å². The summed E-state index contributed by atoms with van der Waals surface area (Å²) in [6, 6.07) is 10.3. The van der Waals surface area contributed by atoms with Crippen LogP contribution in [0.5, 0.6) is 0 Å². The Hall–Kier alpha value is -1.39. The molecule has 106 valence electrons. The van der Waals surface area contributed by atoms with E-state index in [9.17, 15) is 4.79 Å². The van der Waals surface area contributed by atoms with Crippen molar-refractivity contribution in [3.8, 4) is 0 Å². The lowest BCUT2D eigenvalue weighted by molar-refractivity contribution is 0.0933. The number of thiophene rings is 1. The van der Waals surface area contributed by atoms with Crippen molar-refractivity contribution in [3.05, 3.63) is 35.2 Å². The molecule has 0 bridgehead atoms. The number of fused-ring (bicyclic) bond motifs is 1. The predicted octanol–water partition coefficient (Wildman–Crippen LogP) is 3.29. The maximum Gasteiger partial charge on any atom is 0.261 e. The van der Waals surface area contributed by atoms with Crippen LogP contribution in [0.4, 0.5) is 0 Å². The SMILES string of the molecule is NC1CCCCCC1NC(=O)c1cc2ccccc2s1. The van der Waals surface area contributed by atoms with Crippen LogP contribution in [-0.4, -0.2) is 18.0 Å². The third-order valence-electron chi connectivity index (χ3n) is 4.04. The van der Waals surface area contributed by atoms with Crippen molar-refractivity contribution < 1.29 is 4.79 Å². The summed E-state index contributed by atoms with van der Waals surface area (Å²) in [6.07, 6.45) is 5.57. The number of carbonyl (C=O) groups is 1. The number of hydrogen-bond donors (Lipinski definition) is 2. The predicted molar refractivity (Wildman–Crippen MR) is 84.1 cm³/mol. The fourth-order valence-corrected chi connectivity index (χ4v) is 3.81. The summed E-state index contributed by atoms with van der Waals surface area (Å²) in [7, 11) is 0. The van der Waals surface area contributed by atoms with Crippen LogP contribution >= 0.6 is 11.3 Å². The molecule has 1 aromatic carbocycles. The number of carbonyl (C=O) groups excluding carboxylic acids is 1. The maximum atomic E-state index is 12.4. The second-order valence-corrected chi connectivity index (χ2v) is 6.61. The van der Waals surface area contributed by atoms with Gasteiger partial charge >= 0.3 is 0 Å². The van der Waals surface area contributed by atoms with Gasteiger partial charge in [0, 0.05) is 16.8 Å². The van der Waals surface area contributed by atoms with E-state index in [0.717, 1.165) is 34.2 Å². The van der Waals surface area contributed by atoms with Crippen molar-refractivity contribution in [2.75, 3.05) is 0 Å². The first kappa shape index (κ1) is 13.6. The van der Waals surface area contributed by atoms with Gasteiger partial charge in [-0.2, -0.15) is 0 Å². The Kier molecular flexibility index (Phi) is 4.03. The summed E-state index contributed by atoms with van der Waals surface area (Å²) in [5.74, 6) is 0.0218. The molecule has 1 saturated carbocycles. The van der Waals surface area contributed by atoms with Crippen LogP contribution in [0, 0.1) is 0 Å². The van der Waals surface area contributed by atoms with E-state index in [1.807, 2.05) is 30.3 Å². The average Bonchev–Trinajstić information content (AvgIpc) is 2.79. The Morgan fingerprint density at radius 2 is 2.00 bits per heavy atom. The first-order valence-corrected chi connectivity index (χ1v) is 8.11. The fraction of sp³-hybridized carbons (Fsp3) is 0.438. The molecule has 1 fully saturated rings. The van der Waals surface area contributed by atoms with Crippen LogP contribution in [-0.2, 0) is 0 Å². The van der Waals surface area contributed by atoms with Gasteiger partial charge < -0.3 is 11.1 Å². The van der Waals surface area contributed by atoms with Crippen LogP contribution in [0.25, 0.3) is 10.1 Å². The smallest absolute Gasteiger partial charge is 0.261 e. The summed E-state index contributed by atoms with van der Waals surface area (Å²) in [5, 5.41) is 4.26. The Bertz CT molecular complexity index is 574. The number of benzene rings is 1. The average molecular weight is 288 g/mol. The van der Waals surface area contributed by atoms with E-state index in [4.69, 9.17) is 5.73 Å². The molecule has 1 aromatic heterocycles. The van der Waals surface area contributed by atoms with E-state index in [1.165, 1.54) is 12.8 Å². The van der Waals surface area contributed by atoms with E-state index in [0.29, 0.717) is 0 Å². The van der Waals surface area contributed by atoms with Crippen molar-refractivity contribution in [2.24, 2.45) is 5.73 Å². The molecule has 1 aliphatic rings. The number of rotatable bonds is 2. The lowest BCUT2D eigenvalue weighted by Gasteiger charge is -2.22. The molecule has 2 aromatic rings. The highest BCUT2D eigenvalue weighted by atomic mass is 32.1. The number of amides is 1. The minimum atomic E-state index is 0.0218. The van der Waals surface area contributed by atoms with Crippen LogP contribution in [0.3, 0.4) is 0 Å². The Morgan fingerprint density at radius 1 is 1.20 bits per heavy atom. The van der Waals surface area contributed by atoms with Gasteiger partial charge in [0.05, 0.1) is 4.88 Å². The lowest BCUT2D eigenvalue weighted by atomic mass is 10.0. The minimum absolute atomic E-state index is 0.0218. The number of nitrogens with two attached hydrogens (primary N) is 1. The molecule has 2 atom stereocenters. The highest BCUT2D eigenvalue weighted by Gasteiger charge is 2.23. The summed E-state index contributed by atoms with van der Waals surface area (Å²) in [5.41, 5.74) is 6.17. The summed E-state index contributed by atoms with van der Waals surface area (Å²) in [4.78, 5) is 13.2. The molecule has 1 aliphatic carbocycles. The molecule has 0 spiro atoms. The van der Waals surface area contributed by atoms with E-state index in [2.05, 4.69) is 5.32 Å². The molecular weight excluding hydrogens is 268 g/mol. The molecule has 1 amide bonds. The highest BCUT2D eigenvalue weighted by molar-refractivity contribution is 7.20. The quantitative estimate of drug-likeness (QED) is 0.833. The van der Waals surface area contributed by atoms with E-state index in [1.54, 1.807) is 11.3 Å². The molecule has 0 radical (unpaired) electrons. The van der Waals surface area contributed by atoms with Crippen molar-refractivity contribution in [1.29, 1.82) is 0 Å². The monoisotopic (exact) mass is 288 g/mol. The largest absolute Gasteiger partial charge is 0.347 e. The first-order chi connectivity index (χ1) is 9.74. The zero-order valence-corrected chi connectivity index (χ0v) is 12.3. The van der Waals surface area contributed by atoms with Gasteiger partial charge in [0.15, 0.2) is 0 Å². The topological polar surface area (TPSA) is 55.1 Å². The third-order valence-corrected chi connectivity index (χ3v) is 5.15. The van der Waals surface area contributed by atoms with Crippen LogP contribution < -0.4 is 11.1 Å². The summed E-state index contributed by atoms with van der Waals surface area (Å²) in [6.45, 7) is 0. The Morgan fingerprint density at radius 3 is 2.85 bits per heavy atom. The second kappa shape index (κ2) is 5.94. The van der Waals surface area contributed by atoms with Crippen LogP contribution in [0.1, 0.15) is 41.8 Å². The van der Waals surface area contributed by atoms with Gasteiger partial charge in [0.25, 0.3) is 5.91 Å². The van der Waals surface area contributed by atoms with Gasteiger partial charge in [-0.15, -0.1) is 11.3 Å². The number of nitrogens with one attached hydrogen (secondary N) is 1. The van der Waals surface area contributed by atoms with Gasteiger partial charge in [-0.3, -0.25) is 4.79 Å². The third kappa shape index (κ3) is 2.86. The van der Waals surface area contributed by atoms with Gasteiger partial charge in [-0.05, 0) is 30.4 Å². The van der Waals surface area contributed by atoms with Gasteiger partial charge in [-0.1, -0.05) is 37.5 Å². The molecular formula is C16H20N2OS. The van der Waals surface area contributed by atoms with Crippen LogP contribution in [0.2, 0.25) is 0 Å². The molecule has 3 N–H and O–H groups in total. The Labute approximate surface area is 123 Å². The zero-order chi connectivity index (χ0) is 13.9. The maximum absolute atomic E-state index is 12.4. The molecule has 2 unspecified atom stereocenters. The van der Waals surface area contributed by atoms with Crippen molar-refractivity contribution >= 4 is 27.3 Å². The standard InChI is InChI=1S/C16H20N2OS/c17-12-7-2-1-3-8-13(12)18-16(19)15-10-11-6-4-5-9-14(11)20-15/h4-6,9-10,12-13H,1-3,7-8,17H2,(H,18,19). The molecule has 0 saturated heterocycles. The molecule has 0 aliphatic heterocycles. The van der Waals surface area contributed by atoms with Gasteiger partial charge in [-0.25, -0.2) is 0 Å². The molecule has 4 heteroatoms. The van der Waals surface area contributed by atoms with Crippen molar-refractivity contribution in [1.82, 2.24) is 5.32 Å². The fourth-order valence-electron chi connectivity index (χ4n) is 2.85. The zero-order valence-electron chi connectivity index (χ0n) is 11.5. The summed E-state index contributed by atoms with van der Waals surface area (Å²) >= 11 is 1.55. The molecule has 20 heavy (non-hydrogen) atoms. The normalized spacial score (nSPS) is 23.4. The van der Waals surface area contributed by atoms with Crippen LogP contribution in [0.15, 0.2) is 30.3 Å². The molecule has 3 rings (SSSR count). The van der Waals surface area contributed by atoms with Crippen molar-refractivity contribution in [3.63, 3.8) is 0 Å². The highest BCUT2D eigenvalue weighted by Crippen LogP contribution is 2.25. The summed E-state index contributed by atoms with van der Waals surface area (Å²) < 4.78 is 1.16. The van der Waals surface area contributed by atoms with E-state index >= 15 is 0 Å². The second-order valence-electron chi connectivity index (χ2n) is 5.53. The first-order valence-electron chi connectivity index (χ1n) is 7.29. The Balaban J connectivity index is 1.74. The number of hydrogen-bond acceptors (Lipinski definition) is 3. The van der Waals surface area contributed by atoms with E-state index < -0.39 is 0 Å². The lowest BCUT2D eigenvalue weighted by Crippen LogP contribution is -2.46. The van der Waals surface area contributed by atoms with Gasteiger partial charge in [0.2, 0.25) is 0 Å². The minimum Gasteiger partial charge on any atom is -0.347 e. The molecule has 3 nitrogen and oxygen atoms in total.